The molecule has 0 spiro atoms. The van der Waals surface area contributed by atoms with E-state index in [1.807, 2.05) is 24.3 Å². The summed E-state index contributed by atoms with van der Waals surface area (Å²) in [7, 11) is 0. The van der Waals surface area contributed by atoms with Gasteiger partial charge in [0.1, 0.15) is 5.82 Å². The molecule has 0 bridgehead atoms. The maximum atomic E-state index is 12.8. The van der Waals surface area contributed by atoms with Crippen LogP contribution in [-0.2, 0) is 6.42 Å². The molecule has 0 aliphatic carbocycles. The number of halogens is 2. The minimum atomic E-state index is -0.359. The number of amides is 1. The minimum absolute atomic E-state index is 0.259. The normalized spacial score (nSPS) is 10.2. The third-order valence-corrected chi connectivity index (χ3v) is 2.89. The zero-order valence-electron chi connectivity index (χ0n) is 10.2. The lowest BCUT2D eigenvalue weighted by atomic mass is 10.1. The fourth-order valence-corrected chi connectivity index (χ4v) is 1.89. The SMILES string of the molecule is O=C(Nc1ccc(CCCl)cc1)c1ccc(F)cc1. The molecule has 2 aromatic rings. The molecule has 1 N–H and O–H groups in total. The van der Waals surface area contributed by atoms with Crippen molar-refractivity contribution in [3.8, 4) is 0 Å². The largest absolute Gasteiger partial charge is 0.322 e. The van der Waals surface area contributed by atoms with Crippen LogP contribution in [0.2, 0.25) is 0 Å². The van der Waals surface area contributed by atoms with E-state index in [-0.39, 0.29) is 11.7 Å². The number of rotatable bonds is 4. The number of anilines is 1. The molecule has 4 heteroatoms. The van der Waals surface area contributed by atoms with E-state index in [4.69, 9.17) is 11.6 Å². The van der Waals surface area contributed by atoms with Gasteiger partial charge in [0.15, 0.2) is 0 Å². The second-order valence-electron chi connectivity index (χ2n) is 4.10. The summed E-state index contributed by atoms with van der Waals surface area (Å²) in [6, 6.07) is 12.9. The van der Waals surface area contributed by atoms with Gasteiger partial charge in [-0.2, -0.15) is 0 Å². The summed E-state index contributed by atoms with van der Waals surface area (Å²) in [4.78, 5) is 11.9. The van der Waals surface area contributed by atoms with Crippen molar-refractivity contribution in [3.05, 3.63) is 65.5 Å². The highest BCUT2D eigenvalue weighted by Gasteiger charge is 2.05. The zero-order valence-corrected chi connectivity index (χ0v) is 11.0. The Labute approximate surface area is 116 Å². The van der Waals surface area contributed by atoms with Crippen LogP contribution in [0.4, 0.5) is 10.1 Å². The molecule has 19 heavy (non-hydrogen) atoms. The zero-order chi connectivity index (χ0) is 13.7. The highest BCUT2D eigenvalue weighted by molar-refractivity contribution is 6.18. The van der Waals surface area contributed by atoms with Crippen molar-refractivity contribution in [2.75, 3.05) is 11.2 Å². The Kier molecular flexibility index (Phi) is 4.53. The molecule has 0 heterocycles. The first kappa shape index (κ1) is 13.6. The quantitative estimate of drug-likeness (QED) is 0.845. The summed E-state index contributed by atoms with van der Waals surface area (Å²) >= 11 is 5.65. The predicted octanol–water partition coefficient (Wildman–Crippen LogP) is 3.86. The van der Waals surface area contributed by atoms with Gasteiger partial charge in [0.2, 0.25) is 0 Å². The number of benzene rings is 2. The van der Waals surface area contributed by atoms with Crippen LogP contribution in [0.15, 0.2) is 48.5 Å². The van der Waals surface area contributed by atoms with E-state index < -0.39 is 0 Å². The molecule has 0 saturated carbocycles. The van der Waals surface area contributed by atoms with Gasteiger partial charge in [0.25, 0.3) is 5.91 Å². The van der Waals surface area contributed by atoms with Crippen LogP contribution in [0.5, 0.6) is 0 Å². The summed E-state index contributed by atoms with van der Waals surface area (Å²) in [5, 5.41) is 2.75. The molecule has 0 saturated heterocycles. The van der Waals surface area contributed by atoms with Crippen molar-refractivity contribution in [1.29, 1.82) is 0 Å². The second kappa shape index (κ2) is 6.34. The highest BCUT2D eigenvalue weighted by Crippen LogP contribution is 2.12. The molecular weight excluding hydrogens is 265 g/mol. The maximum absolute atomic E-state index is 12.8. The highest BCUT2D eigenvalue weighted by atomic mass is 35.5. The minimum Gasteiger partial charge on any atom is -0.322 e. The fourth-order valence-electron chi connectivity index (χ4n) is 1.67. The van der Waals surface area contributed by atoms with Crippen molar-refractivity contribution in [2.45, 2.75) is 6.42 Å². The van der Waals surface area contributed by atoms with Gasteiger partial charge in [-0.25, -0.2) is 4.39 Å². The van der Waals surface area contributed by atoms with Gasteiger partial charge in [-0.15, -0.1) is 11.6 Å². The van der Waals surface area contributed by atoms with Crippen molar-refractivity contribution >= 4 is 23.2 Å². The molecule has 0 aliphatic rings. The van der Waals surface area contributed by atoms with E-state index in [9.17, 15) is 9.18 Å². The predicted molar refractivity (Wildman–Crippen MR) is 75.2 cm³/mol. The van der Waals surface area contributed by atoms with E-state index >= 15 is 0 Å². The van der Waals surface area contributed by atoms with Gasteiger partial charge in [-0.3, -0.25) is 4.79 Å². The van der Waals surface area contributed by atoms with Crippen LogP contribution >= 0.6 is 11.6 Å². The second-order valence-corrected chi connectivity index (χ2v) is 4.47. The lowest BCUT2D eigenvalue weighted by Crippen LogP contribution is -2.11. The number of alkyl halides is 1. The Balaban J connectivity index is 2.04. The van der Waals surface area contributed by atoms with Crippen LogP contribution in [0.1, 0.15) is 15.9 Å². The van der Waals surface area contributed by atoms with Crippen molar-refractivity contribution in [2.24, 2.45) is 0 Å². The number of hydrogen-bond donors (Lipinski definition) is 1. The maximum Gasteiger partial charge on any atom is 0.255 e. The molecule has 2 rings (SSSR count). The topological polar surface area (TPSA) is 29.1 Å². The molecule has 0 unspecified atom stereocenters. The third kappa shape index (κ3) is 3.80. The number of carbonyl (C=O) groups is 1. The first-order chi connectivity index (χ1) is 9.19. The molecule has 2 nitrogen and oxygen atoms in total. The standard InChI is InChI=1S/C15H13ClFNO/c16-10-9-11-1-7-14(8-2-11)18-15(19)12-3-5-13(17)6-4-12/h1-8H,9-10H2,(H,18,19). The van der Waals surface area contributed by atoms with Gasteiger partial charge in [0, 0.05) is 17.1 Å². The lowest BCUT2D eigenvalue weighted by Gasteiger charge is -2.06. The van der Waals surface area contributed by atoms with Gasteiger partial charge in [-0.05, 0) is 48.4 Å². The van der Waals surface area contributed by atoms with E-state index in [0.717, 1.165) is 12.0 Å². The summed E-state index contributed by atoms with van der Waals surface area (Å²) in [6.45, 7) is 0. The summed E-state index contributed by atoms with van der Waals surface area (Å²) in [6.07, 6.45) is 0.799. The summed E-state index contributed by atoms with van der Waals surface area (Å²) < 4.78 is 12.8. The van der Waals surface area contributed by atoms with E-state index in [1.165, 1.54) is 24.3 Å². The Hall–Kier alpha value is -1.87. The average molecular weight is 278 g/mol. The van der Waals surface area contributed by atoms with Crippen LogP contribution in [0.3, 0.4) is 0 Å². The molecule has 0 radical (unpaired) electrons. The van der Waals surface area contributed by atoms with Crippen LogP contribution < -0.4 is 5.32 Å². The van der Waals surface area contributed by atoms with E-state index in [1.54, 1.807) is 0 Å². The van der Waals surface area contributed by atoms with Gasteiger partial charge >= 0.3 is 0 Å². The number of aryl methyl sites for hydroxylation is 1. The molecule has 2 aromatic carbocycles. The Morgan fingerprint density at radius 2 is 1.68 bits per heavy atom. The molecule has 0 fully saturated rings. The van der Waals surface area contributed by atoms with E-state index in [2.05, 4.69) is 5.32 Å². The Morgan fingerprint density at radius 3 is 2.26 bits per heavy atom. The monoisotopic (exact) mass is 277 g/mol. The third-order valence-electron chi connectivity index (χ3n) is 2.70. The van der Waals surface area contributed by atoms with Gasteiger partial charge in [0.05, 0.1) is 0 Å². The smallest absolute Gasteiger partial charge is 0.255 e. The van der Waals surface area contributed by atoms with Crippen molar-refractivity contribution < 1.29 is 9.18 Å². The number of nitrogens with one attached hydrogen (secondary N) is 1. The fraction of sp³-hybridized carbons (Fsp3) is 0.133. The molecule has 0 atom stereocenters. The molecular formula is C15H13ClFNO. The van der Waals surface area contributed by atoms with Crippen molar-refractivity contribution in [3.63, 3.8) is 0 Å². The van der Waals surface area contributed by atoms with Crippen LogP contribution in [0.25, 0.3) is 0 Å². The van der Waals surface area contributed by atoms with Crippen LogP contribution in [-0.4, -0.2) is 11.8 Å². The Morgan fingerprint density at radius 1 is 1.05 bits per heavy atom. The van der Waals surface area contributed by atoms with Gasteiger partial charge < -0.3 is 5.32 Å². The summed E-state index contributed by atoms with van der Waals surface area (Å²) in [5.74, 6) is -0.0477. The molecule has 0 aliphatic heterocycles. The number of hydrogen-bond acceptors (Lipinski definition) is 1. The summed E-state index contributed by atoms with van der Waals surface area (Å²) in [5.41, 5.74) is 2.24. The van der Waals surface area contributed by atoms with Crippen molar-refractivity contribution in [1.82, 2.24) is 0 Å². The first-order valence-corrected chi connectivity index (χ1v) is 6.44. The number of carbonyl (C=O) groups excluding carboxylic acids is 1. The van der Waals surface area contributed by atoms with E-state index in [0.29, 0.717) is 17.1 Å². The average Bonchev–Trinajstić information content (AvgIpc) is 2.42. The van der Waals surface area contributed by atoms with Gasteiger partial charge in [-0.1, -0.05) is 12.1 Å². The van der Waals surface area contributed by atoms with Crippen LogP contribution in [0, 0.1) is 5.82 Å². The lowest BCUT2D eigenvalue weighted by molar-refractivity contribution is 0.102. The Bertz CT molecular complexity index is 551. The molecule has 98 valence electrons. The molecule has 1 amide bonds. The first-order valence-electron chi connectivity index (χ1n) is 5.91. The molecule has 0 aromatic heterocycles.